The zero-order chi connectivity index (χ0) is 15.1. The van der Waals surface area contributed by atoms with Gasteiger partial charge in [-0.2, -0.15) is 0 Å². The fourth-order valence-electron chi connectivity index (χ4n) is 2.01. The molecule has 0 bridgehead atoms. The summed E-state index contributed by atoms with van der Waals surface area (Å²) in [6.07, 6.45) is 1.04. The third kappa shape index (κ3) is 4.53. The molecule has 2 aromatic carbocycles. The Morgan fingerprint density at radius 3 is 2.19 bits per heavy atom. The summed E-state index contributed by atoms with van der Waals surface area (Å²) in [5.41, 5.74) is 1.82. The van der Waals surface area contributed by atoms with Gasteiger partial charge in [-0.1, -0.05) is 18.2 Å². The first-order valence-corrected chi connectivity index (χ1v) is 6.78. The summed E-state index contributed by atoms with van der Waals surface area (Å²) >= 11 is 0. The van der Waals surface area contributed by atoms with Gasteiger partial charge in [0.05, 0.1) is 14.2 Å². The Bertz CT molecular complexity index is 574. The number of benzene rings is 2. The van der Waals surface area contributed by atoms with E-state index in [0.29, 0.717) is 12.8 Å². The van der Waals surface area contributed by atoms with Gasteiger partial charge in [-0.3, -0.25) is 4.79 Å². The van der Waals surface area contributed by atoms with Crippen LogP contribution >= 0.6 is 0 Å². The average Bonchev–Trinajstić information content (AvgIpc) is 2.53. The molecule has 0 atom stereocenters. The minimum atomic E-state index is -0.0111. The Balaban J connectivity index is 1.94. The number of ether oxygens (including phenoxy) is 2. The predicted molar refractivity (Wildman–Crippen MR) is 82.9 cm³/mol. The highest BCUT2D eigenvalue weighted by Gasteiger charge is 2.06. The van der Waals surface area contributed by atoms with Crippen molar-refractivity contribution in [3.63, 3.8) is 0 Å². The highest BCUT2D eigenvalue weighted by Crippen LogP contribution is 2.23. The van der Waals surface area contributed by atoms with Gasteiger partial charge in [0.1, 0.15) is 11.5 Å². The van der Waals surface area contributed by atoms with Crippen molar-refractivity contribution in [2.75, 3.05) is 19.5 Å². The van der Waals surface area contributed by atoms with Crippen LogP contribution in [0.15, 0.2) is 48.5 Å². The maximum atomic E-state index is 11.9. The number of aryl methyl sites for hydroxylation is 1. The smallest absolute Gasteiger partial charge is 0.224 e. The number of carbonyl (C=O) groups excluding carboxylic acids is 1. The molecule has 0 aliphatic carbocycles. The summed E-state index contributed by atoms with van der Waals surface area (Å²) < 4.78 is 10.4. The van der Waals surface area contributed by atoms with Crippen LogP contribution in [0.3, 0.4) is 0 Å². The zero-order valence-electron chi connectivity index (χ0n) is 12.3. The van der Waals surface area contributed by atoms with E-state index in [-0.39, 0.29) is 5.91 Å². The normalized spacial score (nSPS) is 10.0. The van der Waals surface area contributed by atoms with Crippen LogP contribution in [0.5, 0.6) is 11.5 Å². The van der Waals surface area contributed by atoms with E-state index in [1.54, 1.807) is 14.2 Å². The van der Waals surface area contributed by atoms with E-state index < -0.39 is 0 Å². The van der Waals surface area contributed by atoms with E-state index in [4.69, 9.17) is 9.47 Å². The van der Waals surface area contributed by atoms with Crippen LogP contribution in [0, 0.1) is 0 Å². The molecule has 21 heavy (non-hydrogen) atoms. The molecule has 2 aromatic rings. The second-order valence-corrected chi connectivity index (χ2v) is 4.64. The van der Waals surface area contributed by atoms with E-state index >= 15 is 0 Å². The van der Waals surface area contributed by atoms with Crippen LogP contribution in [0.1, 0.15) is 12.0 Å². The number of hydrogen-bond acceptors (Lipinski definition) is 3. The molecule has 1 amide bonds. The molecule has 0 aliphatic heterocycles. The number of amides is 1. The molecule has 2 rings (SSSR count). The highest BCUT2D eigenvalue weighted by atomic mass is 16.5. The molecule has 1 N–H and O–H groups in total. The van der Waals surface area contributed by atoms with E-state index in [9.17, 15) is 4.79 Å². The van der Waals surface area contributed by atoms with Crippen LogP contribution < -0.4 is 14.8 Å². The van der Waals surface area contributed by atoms with Crippen molar-refractivity contribution in [2.45, 2.75) is 12.8 Å². The standard InChI is InChI=1S/C17H19NO3/c1-20-15-10-13(11-16(12-15)21-2)8-9-17(19)18-14-6-4-3-5-7-14/h3-7,10-12H,8-9H2,1-2H3,(H,18,19). The van der Waals surface area contributed by atoms with Crippen LogP contribution in [-0.2, 0) is 11.2 Å². The van der Waals surface area contributed by atoms with E-state index in [1.807, 2.05) is 48.5 Å². The summed E-state index contributed by atoms with van der Waals surface area (Å²) in [6.45, 7) is 0. The molecule has 4 heteroatoms. The summed E-state index contributed by atoms with van der Waals surface area (Å²) in [5.74, 6) is 1.45. The van der Waals surface area contributed by atoms with Crippen molar-refractivity contribution < 1.29 is 14.3 Å². The molecular formula is C17H19NO3. The minimum Gasteiger partial charge on any atom is -0.497 e. The van der Waals surface area contributed by atoms with Gasteiger partial charge in [0.2, 0.25) is 5.91 Å². The number of methoxy groups -OCH3 is 2. The topological polar surface area (TPSA) is 47.6 Å². The molecule has 0 saturated heterocycles. The van der Waals surface area contributed by atoms with E-state index in [2.05, 4.69) is 5.32 Å². The van der Waals surface area contributed by atoms with E-state index in [0.717, 1.165) is 22.7 Å². The van der Waals surface area contributed by atoms with Gasteiger partial charge in [0.25, 0.3) is 0 Å². The van der Waals surface area contributed by atoms with Gasteiger partial charge in [-0.15, -0.1) is 0 Å². The Kier molecular flexibility index (Phi) is 5.21. The maximum absolute atomic E-state index is 11.9. The molecule has 0 heterocycles. The van der Waals surface area contributed by atoms with Crippen molar-refractivity contribution >= 4 is 11.6 Å². The van der Waals surface area contributed by atoms with Crippen molar-refractivity contribution in [1.29, 1.82) is 0 Å². The highest BCUT2D eigenvalue weighted by molar-refractivity contribution is 5.90. The van der Waals surface area contributed by atoms with Crippen molar-refractivity contribution in [2.24, 2.45) is 0 Å². The van der Waals surface area contributed by atoms with Gasteiger partial charge in [0.15, 0.2) is 0 Å². The van der Waals surface area contributed by atoms with Crippen LogP contribution in [0.4, 0.5) is 5.69 Å². The quantitative estimate of drug-likeness (QED) is 0.886. The maximum Gasteiger partial charge on any atom is 0.224 e. The fraction of sp³-hybridized carbons (Fsp3) is 0.235. The first-order valence-electron chi connectivity index (χ1n) is 6.78. The lowest BCUT2D eigenvalue weighted by Gasteiger charge is -2.09. The molecule has 4 nitrogen and oxygen atoms in total. The summed E-state index contributed by atoms with van der Waals surface area (Å²) in [5, 5.41) is 2.87. The van der Waals surface area contributed by atoms with Gasteiger partial charge < -0.3 is 14.8 Å². The summed E-state index contributed by atoms with van der Waals surface area (Å²) in [6, 6.07) is 15.1. The largest absolute Gasteiger partial charge is 0.497 e. The second-order valence-electron chi connectivity index (χ2n) is 4.64. The molecular weight excluding hydrogens is 266 g/mol. The van der Waals surface area contributed by atoms with Crippen molar-refractivity contribution in [1.82, 2.24) is 0 Å². The lowest BCUT2D eigenvalue weighted by atomic mass is 10.1. The van der Waals surface area contributed by atoms with Gasteiger partial charge in [-0.05, 0) is 36.2 Å². The first kappa shape index (κ1) is 14.9. The second kappa shape index (κ2) is 7.33. The molecule has 0 saturated carbocycles. The van der Waals surface area contributed by atoms with Crippen LogP contribution in [-0.4, -0.2) is 20.1 Å². The third-order valence-corrected chi connectivity index (χ3v) is 3.11. The Labute approximate surface area is 124 Å². The number of rotatable bonds is 6. The average molecular weight is 285 g/mol. The summed E-state index contributed by atoms with van der Waals surface area (Å²) in [7, 11) is 3.22. The SMILES string of the molecule is COc1cc(CCC(=O)Nc2ccccc2)cc(OC)c1. The predicted octanol–water partition coefficient (Wildman–Crippen LogP) is 3.28. The molecule has 0 aliphatic rings. The van der Waals surface area contributed by atoms with Crippen LogP contribution in [0.25, 0.3) is 0 Å². The molecule has 0 unspecified atom stereocenters. The summed E-state index contributed by atoms with van der Waals surface area (Å²) in [4.78, 5) is 11.9. The Morgan fingerprint density at radius 1 is 1.00 bits per heavy atom. The molecule has 0 aromatic heterocycles. The third-order valence-electron chi connectivity index (χ3n) is 3.11. The van der Waals surface area contributed by atoms with Gasteiger partial charge in [0, 0.05) is 18.2 Å². The number of para-hydroxylation sites is 1. The van der Waals surface area contributed by atoms with Crippen LogP contribution in [0.2, 0.25) is 0 Å². The Morgan fingerprint density at radius 2 is 1.62 bits per heavy atom. The van der Waals surface area contributed by atoms with E-state index in [1.165, 1.54) is 0 Å². The number of carbonyl (C=O) groups is 1. The van der Waals surface area contributed by atoms with Crippen molar-refractivity contribution in [3.05, 3.63) is 54.1 Å². The molecule has 0 spiro atoms. The molecule has 0 radical (unpaired) electrons. The first-order chi connectivity index (χ1) is 10.2. The lowest BCUT2D eigenvalue weighted by Crippen LogP contribution is -2.12. The molecule has 110 valence electrons. The minimum absolute atomic E-state index is 0.0111. The number of hydrogen-bond donors (Lipinski definition) is 1. The fourth-order valence-corrected chi connectivity index (χ4v) is 2.01. The lowest BCUT2D eigenvalue weighted by molar-refractivity contribution is -0.116. The molecule has 0 fully saturated rings. The number of nitrogens with one attached hydrogen (secondary N) is 1. The van der Waals surface area contributed by atoms with Gasteiger partial charge >= 0.3 is 0 Å². The Hall–Kier alpha value is -2.49. The van der Waals surface area contributed by atoms with Crippen molar-refractivity contribution in [3.8, 4) is 11.5 Å². The number of anilines is 1. The zero-order valence-corrected chi connectivity index (χ0v) is 12.3. The van der Waals surface area contributed by atoms with Gasteiger partial charge in [-0.25, -0.2) is 0 Å². The monoisotopic (exact) mass is 285 g/mol.